The first-order chi connectivity index (χ1) is 21.9. The number of likely N-dealkylation sites (tertiary alicyclic amines) is 1. The molecule has 10 nitrogen and oxygen atoms in total. The molecule has 0 aliphatic carbocycles. The van der Waals surface area contributed by atoms with Crippen LogP contribution in [0.2, 0.25) is 0 Å². The predicted octanol–water partition coefficient (Wildman–Crippen LogP) is 4.76. The number of aliphatic hydroxyl groups excluding tert-OH is 1. The van der Waals surface area contributed by atoms with E-state index >= 15 is 0 Å². The summed E-state index contributed by atoms with van der Waals surface area (Å²) in [5, 5.41) is 15.1. The number of rotatable bonds is 12. The summed E-state index contributed by atoms with van der Waals surface area (Å²) in [5.74, 6) is -0.569. The number of aliphatic hydroxyl groups is 1. The molecule has 2 aliphatic heterocycles. The van der Waals surface area contributed by atoms with Crippen LogP contribution in [-0.4, -0.2) is 74.2 Å². The van der Waals surface area contributed by atoms with Gasteiger partial charge < -0.3 is 20.1 Å². The molecule has 1 saturated heterocycles. The average Bonchev–Trinajstić information content (AvgIpc) is 3.44. The van der Waals surface area contributed by atoms with E-state index in [2.05, 4.69) is 15.0 Å². The Morgan fingerprint density at radius 1 is 1.24 bits per heavy atom. The number of hydrogen-bond donors (Lipinski definition) is 3. The lowest BCUT2D eigenvalue weighted by Gasteiger charge is -2.38. The van der Waals surface area contributed by atoms with Gasteiger partial charge in [-0.25, -0.2) is 13.4 Å². The lowest BCUT2D eigenvalue weighted by atomic mass is 9.78. The third-order valence-electron chi connectivity index (χ3n) is 8.92. The van der Waals surface area contributed by atoms with Crippen molar-refractivity contribution < 1.29 is 32.2 Å². The third-order valence-corrected chi connectivity index (χ3v) is 11.5. The van der Waals surface area contributed by atoms with Crippen LogP contribution in [0.3, 0.4) is 0 Å². The zero-order chi connectivity index (χ0) is 33.1. The Balaban J connectivity index is 1.49. The molecule has 1 fully saturated rings. The molecule has 2 aliphatic rings. The van der Waals surface area contributed by atoms with E-state index in [1.54, 1.807) is 17.9 Å². The summed E-state index contributed by atoms with van der Waals surface area (Å²) in [6.45, 7) is 6.49. The number of carbonyl (C=O) groups excluding carboxylic acids is 2. The number of aryl methyl sites for hydroxylation is 1. The Hall–Kier alpha value is -3.13. The normalized spacial score (nSPS) is 19.0. The van der Waals surface area contributed by atoms with Crippen molar-refractivity contribution in [3.8, 4) is 0 Å². The number of hydrogen-bond acceptors (Lipinski definition) is 9. The number of nitrogens with zero attached hydrogens (tertiary/aromatic N) is 2. The first-order valence-corrected chi connectivity index (χ1v) is 18.2. The van der Waals surface area contributed by atoms with Gasteiger partial charge >= 0.3 is 5.97 Å². The van der Waals surface area contributed by atoms with Crippen LogP contribution < -0.4 is 10.0 Å². The average molecular weight is 675 g/mol. The van der Waals surface area contributed by atoms with Crippen molar-refractivity contribution in [2.45, 2.75) is 76.3 Å². The van der Waals surface area contributed by atoms with Crippen LogP contribution in [0.5, 0.6) is 0 Å². The van der Waals surface area contributed by atoms with Crippen LogP contribution >= 0.6 is 11.3 Å². The first-order valence-electron chi connectivity index (χ1n) is 15.9. The van der Waals surface area contributed by atoms with Gasteiger partial charge in [0.1, 0.15) is 10.9 Å². The van der Waals surface area contributed by atoms with Crippen molar-refractivity contribution in [1.29, 1.82) is 0 Å². The number of benzene rings is 2. The van der Waals surface area contributed by atoms with E-state index in [9.17, 15) is 27.5 Å². The Bertz CT molecular complexity index is 1640. The number of ether oxygens (including phenoxy) is 1. The van der Waals surface area contributed by atoms with Gasteiger partial charge in [0, 0.05) is 43.5 Å². The maximum Gasteiger partial charge on any atom is 0.306 e. The molecule has 2 atom stereocenters. The van der Waals surface area contributed by atoms with E-state index in [1.165, 1.54) is 17.4 Å². The minimum Gasteiger partial charge on any atom is -0.466 e. The number of piperidine rings is 1. The van der Waals surface area contributed by atoms with E-state index in [0.717, 1.165) is 10.2 Å². The number of amides is 1. The van der Waals surface area contributed by atoms with Crippen molar-refractivity contribution in [2.24, 2.45) is 11.3 Å². The van der Waals surface area contributed by atoms with E-state index in [4.69, 9.17) is 4.74 Å². The fourth-order valence-corrected chi connectivity index (χ4v) is 8.66. The molecular weight excluding hydrogens is 632 g/mol. The van der Waals surface area contributed by atoms with E-state index in [0.29, 0.717) is 55.0 Å². The number of fused-ring (bicyclic) bond motifs is 2. The minimum absolute atomic E-state index is 0.0452. The zero-order valence-corrected chi connectivity index (χ0v) is 28.2. The summed E-state index contributed by atoms with van der Waals surface area (Å²) in [7, 11) is -4.35. The highest BCUT2D eigenvalue weighted by molar-refractivity contribution is 7.89. The first kappa shape index (κ1) is 34.2. The summed E-state index contributed by atoms with van der Waals surface area (Å²) < 4.78 is 50.3. The fraction of sp³-hybridized carbons (Fsp3) is 0.545. The van der Waals surface area contributed by atoms with Crippen LogP contribution in [0.1, 0.15) is 68.7 Å². The summed E-state index contributed by atoms with van der Waals surface area (Å²) in [4.78, 5) is 32.4. The second-order valence-electron chi connectivity index (χ2n) is 12.8. The van der Waals surface area contributed by atoms with Gasteiger partial charge in [-0.15, -0.1) is 11.3 Å². The highest BCUT2D eigenvalue weighted by atomic mass is 32.2. The molecule has 0 radical (unpaired) electrons. The number of thiazole rings is 1. The molecule has 3 heterocycles. The largest absolute Gasteiger partial charge is 0.466 e. The number of aromatic nitrogens is 1. The third kappa shape index (κ3) is 7.70. The van der Waals surface area contributed by atoms with Crippen LogP contribution in [0.4, 0.5) is 10.1 Å². The lowest BCUT2D eigenvalue weighted by Crippen LogP contribution is -2.51. The predicted molar refractivity (Wildman–Crippen MR) is 176 cm³/mol. The quantitative estimate of drug-likeness (QED) is 0.234. The Morgan fingerprint density at radius 3 is 2.67 bits per heavy atom. The molecule has 1 amide bonds. The van der Waals surface area contributed by atoms with Crippen LogP contribution in [0.15, 0.2) is 41.3 Å². The highest BCUT2D eigenvalue weighted by Gasteiger charge is 2.39. The molecule has 0 bridgehead atoms. The maximum absolute atomic E-state index is 14.3. The standard InChI is InChI=1S/C33H43FN4O6S2/c1-4-44-29(39)10-9-22-17-23-30(35-20-33(2,3)31(23)40)27(18-22)46(42,43)37-25(19-28-36-24-7-5-6-8-26(24)45-28)32(41)38-15-12-21(11-14-34)13-16-38/h5-8,17-18,21,25,31,35,37,40H,4,9-16,19-20H2,1-3H3. The molecule has 3 aromatic rings. The van der Waals surface area contributed by atoms with Gasteiger partial charge in [-0.3, -0.25) is 14.0 Å². The maximum atomic E-state index is 14.3. The van der Waals surface area contributed by atoms with Gasteiger partial charge in [-0.2, -0.15) is 4.72 Å². The van der Waals surface area contributed by atoms with Crippen molar-refractivity contribution in [1.82, 2.24) is 14.6 Å². The van der Waals surface area contributed by atoms with Crippen LogP contribution in [-0.2, 0) is 37.2 Å². The molecule has 0 spiro atoms. The van der Waals surface area contributed by atoms with Crippen molar-refractivity contribution in [2.75, 3.05) is 38.2 Å². The Kier molecular flexibility index (Phi) is 10.7. The van der Waals surface area contributed by atoms with E-state index in [-0.39, 0.29) is 48.3 Å². The minimum atomic E-state index is -4.35. The number of anilines is 1. The summed E-state index contributed by atoms with van der Waals surface area (Å²) >= 11 is 1.41. The number of para-hydroxylation sites is 1. The number of sulfonamides is 1. The highest BCUT2D eigenvalue weighted by Crippen LogP contribution is 2.44. The van der Waals surface area contributed by atoms with Gasteiger partial charge in [0.2, 0.25) is 15.9 Å². The molecule has 5 rings (SSSR count). The zero-order valence-electron chi connectivity index (χ0n) is 26.6. The molecular formula is C33H43FN4O6S2. The number of carbonyl (C=O) groups is 2. The molecule has 13 heteroatoms. The summed E-state index contributed by atoms with van der Waals surface area (Å²) in [5.41, 5.74) is 1.43. The molecule has 2 aromatic carbocycles. The van der Waals surface area contributed by atoms with Gasteiger partial charge in [0.25, 0.3) is 0 Å². The number of alkyl halides is 1. The number of halogens is 1. The summed E-state index contributed by atoms with van der Waals surface area (Å²) in [6.07, 6.45) is 1.11. The second-order valence-corrected chi connectivity index (χ2v) is 15.6. The molecule has 46 heavy (non-hydrogen) atoms. The van der Waals surface area contributed by atoms with Gasteiger partial charge in [-0.1, -0.05) is 32.0 Å². The molecule has 1 aromatic heterocycles. The molecule has 0 saturated carbocycles. The monoisotopic (exact) mass is 674 g/mol. The molecule has 3 N–H and O–H groups in total. The lowest BCUT2D eigenvalue weighted by molar-refractivity contribution is -0.143. The SMILES string of the molecule is CCOC(=O)CCc1cc2c(c(S(=O)(=O)NC(Cc3nc4ccccc4s3)C(=O)N3CCC(CCF)CC3)c1)NCC(C)(C)C2O. The van der Waals surface area contributed by atoms with Gasteiger partial charge in [0.15, 0.2) is 0 Å². The molecule has 2 unspecified atom stereocenters. The van der Waals surface area contributed by atoms with E-state index in [1.807, 2.05) is 38.1 Å². The molecule has 250 valence electrons. The second kappa shape index (κ2) is 14.3. The van der Waals surface area contributed by atoms with Crippen molar-refractivity contribution >= 4 is 49.1 Å². The Morgan fingerprint density at radius 2 is 1.98 bits per heavy atom. The van der Waals surface area contributed by atoms with E-state index < -0.39 is 40.2 Å². The number of nitrogens with one attached hydrogen (secondary N) is 2. The Labute approximate surface area is 273 Å². The van der Waals surface area contributed by atoms with Crippen LogP contribution in [0, 0.1) is 11.3 Å². The topological polar surface area (TPSA) is 138 Å². The van der Waals surface area contributed by atoms with Crippen LogP contribution in [0.25, 0.3) is 10.2 Å². The number of esters is 1. The van der Waals surface area contributed by atoms with Gasteiger partial charge in [-0.05, 0) is 62.3 Å². The van der Waals surface area contributed by atoms with Crippen molar-refractivity contribution in [3.05, 3.63) is 52.5 Å². The van der Waals surface area contributed by atoms with Crippen molar-refractivity contribution in [3.63, 3.8) is 0 Å². The fourth-order valence-electron chi connectivity index (χ4n) is 6.20. The van der Waals surface area contributed by atoms with Gasteiger partial charge in [0.05, 0.1) is 40.3 Å². The smallest absolute Gasteiger partial charge is 0.306 e. The summed E-state index contributed by atoms with van der Waals surface area (Å²) in [6, 6.07) is 9.67.